The summed E-state index contributed by atoms with van der Waals surface area (Å²) in [5.41, 5.74) is 10.2. The van der Waals surface area contributed by atoms with E-state index in [0.29, 0.717) is 0 Å². The van der Waals surface area contributed by atoms with E-state index in [1.165, 1.54) is 15.8 Å². The van der Waals surface area contributed by atoms with Crippen LogP contribution in [0.5, 0.6) is 0 Å². The third-order valence-electron chi connectivity index (χ3n) is 2.27. The summed E-state index contributed by atoms with van der Waals surface area (Å²) in [5, 5.41) is 3.83. The molecule has 0 spiro atoms. The Morgan fingerprint density at radius 1 is 1.19 bits per heavy atom. The Morgan fingerprint density at radius 2 is 1.86 bits per heavy atom. The van der Waals surface area contributed by atoms with Crippen LogP contribution >= 0.6 is 11.6 Å². The van der Waals surface area contributed by atoms with Gasteiger partial charge in [-0.2, -0.15) is 20.1 Å². The number of amides is 2. The van der Waals surface area contributed by atoms with Crippen molar-refractivity contribution >= 4 is 29.4 Å². The number of anilines is 1. The zero-order valence-corrected chi connectivity index (χ0v) is 11.4. The van der Waals surface area contributed by atoms with Gasteiger partial charge in [-0.25, -0.2) is 4.68 Å². The first-order chi connectivity index (χ1) is 9.95. The van der Waals surface area contributed by atoms with Crippen molar-refractivity contribution < 1.29 is 9.59 Å². The minimum absolute atomic E-state index is 0.00176. The third kappa shape index (κ3) is 3.86. The van der Waals surface area contributed by atoms with Gasteiger partial charge in [0.1, 0.15) is 13.1 Å². The SMILES string of the molecule is NC(=O)CN(CC(N)=O)c1nc(Cl)nc(-n2cccn2)n1. The fourth-order valence-corrected chi connectivity index (χ4v) is 1.69. The van der Waals surface area contributed by atoms with Crippen molar-refractivity contribution in [2.45, 2.75) is 0 Å². The molecule has 11 heteroatoms. The van der Waals surface area contributed by atoms with E-state index in [0.717, 1.165) is 0 Å². The Morgan fingerprint density at radius 3 is 2.38 bits per heavy atom. The van der Waals surface area contributed by atoms with Gasteiger partial charge in [-0.15, -0.1) is 0 Å². The van der Waals surface area contributed by atoms with Crippen LogP contribution < -0.4 is 16.4 Å². The van der Waals surface area contributed by atoms with Crippen LogP contribution in [0, 0.1) is 0 Å². The molecule has 0 aromatic carbocycles. The molecule has 21 heavy (non-hydrogen) atoms. The van der Waals surface area contributed by atoms with Crippen LogP contribution in [0.15, 0.2) is 18.5 Å². The van der Waals surface area contributed by atoms with E-state index in [1.54, 1.807) is 12.3 Å². The molecule has 0 aliphatic carbocycles. The van der Waals surface area contributed by atoms with Crippen LogP contribution in [0.25, 0.3) is 5.95 Å². The van der Waals surface area contributed by atoms with Crippen LogP contribution in [-0.4, -0.2) is 49.6 Å². The monoisotopic (exact) mass is 310 g/mol. The van der Waals surface area contributed by atoms with E-state index in [1.807, 2.05) is 0 Å². The highest BCUT2D eigenvalue weighted by Gasteiger charge is 2.17. The maximum Gasteiger partial charge on any atom is 0.256 e. The molecule has 0 saturated heterocycles. The number of primary amides is 2. The summed E-state index contributed by atoms with van der Waals surface area (Å²) in [6.45, 7) is -0.580. The van der Waals surface area contributed by atoms with Crippen molar-refractivity contribution in [3.8, 4) is 5.95 Å². The Bertz CT molecular complexity index is 643. The number of carbonyl (C=O) groups is 2. The fourth-order valence-electron chi connectivity index (χ4n) is 1.53. The average Bonchev–Trinajstić information content (AvgIpc) is 2.90. The quantitative estimate of drug-likeness (QED) is 0.659. The van der Waals surface area contributed by atoms with E-state index in [2.05, 4.69) is 20.1 Å². The fraction of sp³-hybridized carbons (Fsp3) is 0.200. The second kappa shape index (κ2) is 6.13. The van der Waals surface area contributed by atoms with Crippen LogP contribution in [0.3, 0.4) is 0 Å². The summed E-state index contributed by atoms with van der Waals surface area (Å²) in [6.07, 6.45) is 3.13. The molecule has 0 unspecified atom stereocenters. The lowest BCUT2D eigenvalue weighted by Gasteiger charge is -2.19. The van der Waals surface area contributed by atoms with Crippen LogP contribution in [0.2, 0.25) is 5.28 Å². The molecule has 2 aromatic rings. The molecular formula is C10H11ClN8O2. The molecule has 0 aliphatic rings. The molecule has 4 N–H and O–H groups in total. The van der Waals surface area contributed by atoms with E-state index < -0.39 is 11.8 Å². The number of aromatic nitrogens is 5. The van der Waals surface area contributed by atoms with Gasteiger partial charge in [0.25, 0.3) is 5.95 Å². The zero-order chi connectivity index (χ0) is 15.4. The van der Waals surface area contributed by atoms with Crippen molar-refractivity contribution in [1.82, 2.24) is 24.7 Å². The van der Waals surface area contributed by atoms with E-state index in [4.69, 9.17) is 23.1 Å². The highest BCUT2D eigenvalue weighted by molar-refractivity contribution is 6.28. The molecule has 2 heterocycles. The maximum atomic E-state index is 11.1. The lowest BCUT2D eigenvalue weighted by molar-refractivity contribution is -0.117. The lowest BCUT2D eigenvalue weighted by atomic mass is 10.4. The summed E-state index contributed by atoms with van der Waals surface area (Å²) in [7, 11) is 0. The van der Waals surface area contributed by atoms with E-state index >= 15 is 0 Å². The summed E-state index contributed by atoms with van der Waals surface area (Å²) < 4.78 is 1.35. The van der Waals surface area contributed by atoms with Gasteiger partial charge in [-0.05, 0) is 17.7 Å². The molecule has 0 radical (unpaired) electrons. The molecule has 0 bridgehead atoms. The number of hydrogen-bond donors (Lipinski definition) is 2. The van der Waals surface area contributed by atoms with Crippen molar-refractivity contribution in [1.29, 1.82) is 0 Å². The highest BCUT2D eigenvalue weighted by Crippen LogP contribution is 2.12. The molecule has 2 rings (SSSR count). The van der Waals surface area contributed by atoms with Gasteiger partial charge in [0.2, 0.25) is 23.0 Å². The summed E-state index contributed by atoms with van der Waals surface area (Å²) in [5.74, 6) is -1.21. The average molecular weight is 311 g/mol. The van der Waals surface area contributed by atoms with Crippen LogP contribution in [-0.2, 0) is 9.59 Å². The Balaban J connectivity index is 2.40. The van der Waals surface area contributed by atoms with Crippen molar-refractivity contribution in [2.24, 2.45) is 11.5 Å². The summed E-state index contributed by atoms with van der Waals surface area (Å²) >= 11 is 5.82. The van der Waals surface area contributed by atoms with Crippen molar-refractivity contribution in [3.05, 3.63) is 23.7 Å². The number of halogens is 1. The third-order valence-corrected chi connectivity index (χ3v) is 2.44. The first-order valence-electron chi connectivity index (χ1n) is 5.69. The molecule has 2 amide bonds. The molecule has 2 aromatic heterocycles. The molecule has 0 aliphatic heterocycles. The summed E-state index contributed by atoms with van der Waals surface area (Å²) in [4.78, 5) is 35.2. The first kappa shape index (κ1) is 14.7. The van der Waals surface area contributed by atoms with Gasteiger partial charge in [0.15, 0.2) is 0 Å². The Hall–Kier alpha value is -2.75. The van der Waals surface area contributed by atoms with Crippen LogP contribution in [0.1, 0.15) is 0 Å². The normalized spacial score (nSPS) is 10.3. The minimum atomic E-state index is -0.673. The number of rotatable bonds is 6. The highest BCUT2D eigenvalue weighted by atomic mass is 35.5. The van der Waals surface area contributed by atoms with Crippen molar-refractivity contribution in [2.75, 3.05) is 18.0 Å². The van der Waals surface area contributed by atoms with Gasteiger partial charge in [-0.1, -0.05) is 0 Å². The van der Waals surface area contributed by atoms with Crippen molar-refractivity contribution in [3.63, 3.8) is 0 Å². The zero-order valence-electron chi connectivity index (χ0n) is 10.7. The largest absolute Gasteiger partial charge is 0.368 e. The van der Waals surface area contributed by atoms with Gasteiger partial charge in [0, 0.05) is 12.4 Å². The van der Waals surface area contributed by atoms with E-state index in [9.17, 15) is 9.59 Å². The van der Waals surface area contributed by atoms with Gasteiger partial charge in [-0.3, -0.25) is 9.59 Å². The topological polar surface area (TPSA) is 146 Å². The molecule has 0 saturated carbocycles. The predicted molar refractivity (Wildman–Crippen MR) is 72.6 cm³/mol. The molecule has 0 atom stereocenters. The maximum absolute atomic E-state index is 11.1. The second-order valence-electron chi connectivity index (χ2n) is 3.94. The number of hydrogen-bond acceptors (Lipinski definition) is 7. The van der Waals surface area contributed by atoms with Crippen LogP contribution in [0.4, 0.5) is 5.95 Å². The first-order valence-corrected chi connectivity index (χ1v) is 6.06. The predicted octanol–water partition coefficient (Wildman–Crippen LogP) is -1.51. The summed E-state index contributed by atoms with van der Waals surface area (Å²) in [6, 6.07) is 1.67. The van der Waals surface area contributed by atoms with Gasteiger partial charge >= 0.3 is 0 Å². The molecule has 110 valence electrons. The number of nitrogens with two attached hydrogens (primary N) is 2. The lowest BCUT2D eigenvalue weighted by Crippen LogP contribution is -2.40. The Labute approximate surface area is 123 Å². The Kier molecular flexibility index (Phi) is 4.28. The smallest absolute Gasteiger partial charge is 0.256 e. The number of carbonyl (C=O) groups excluding carboxylic acids is 2. The number of nitrogens with zero attached hydrogens (tertiary/aromatic N) is 6. The van der Waals surface area contributed by atoms with E-state index in [-0.39, 0.29) is 30.3 Å². The van der Waals surface area contributed by atoms with Gasteiger partial charge in [0.05, 0.1) is 0 Å². The standard InChI is InChI=1S/C10H11ClN8O2/c11-8-15-9(18(4-6(12)20)5-7(13)21)17-10(16-8)19-3-1-2-14-19/h1-3H,4-5H2,(H2,12,20)(H2,13,21). The molecule has 10 nitrogen and oxygen atoms in total. The molecule has 0 fully saturated rings. The minimum Gasteiger partial charge on any atom is -0.368 e. The second-order valence-corrected chi connectivity index (χ2v) is 4.28. The molecular weight excluding hydrogens is 300 g/mol. The van der Waals surface area contributed by atoms with Gasteiger partial charge < -0.3 is 16.4 Å².